The first-order valence-electron chi connectivity index (χ1n) is 13.0. The van der Waals surface area contributed by atoms with Crippen molar-refractivity contribution in [2.45, 2.75) is 73.1 Å². The highest BCUT2D eigenvalue weighted by molar-refractivity contribution is 5.78. The summed E-state index contributed by atoms with van der Waals surface area (Å²) in [5.41, 5.74) is 3.00. The van der Waals surface area contributed by atoms with Crippen LogP contribution in [-0.4, -0.2) is 45.6 Å². The molecule has 0 unspecified atom stereocenters. The summed E-state index contributed by atoms with van der Waals surface area (Å²) in [7, 11) is 0. The third-order valence-corrected chi connectivity index (χ3v) is 6.31. The number of carboxylic acid groups (broad SMARTS) is 1. The molecule has 38 heavy (non-hydrogen) atoms. The molecule has 0 aliphatic heterocycles. The molecule has 1 aromatic heterocycles. The van der Waals surface area contributed by atoms with Crippen LogP contribution in [0.5, 0.6) is 5.75 Å². The van der Waals surface area contributed by atoms with Crippen LogP contribution in [0.25, 0.3) is 11.5 Å². The van der Waals surface area contributed by atoms with E-state index >= 15 is 0 Å². The minimum absolute atomic E-state index is 0.0421. The molecular formula is C30H39N3O5. The molecule has 2 N–H and O–H groups in total. The molecule has 0 atom stereocenters. The van der Waals surface area contributed by atoms with Crippen molar-refractivity contribution in [1.82, 2.24) is 15.2 Å². The number of carbonyl (C=O) groups excluding carboxylic acids is 1. The third-order valence-electron chi connectivity index (χ3n) is 6.31. The second kappa shape index (κ2) is 12.7. The Morgan fingerprint density at radius 1 is 1.08 bits per heavy atom. The molecule has 0 fully saturated rings. The van der Waals surface area contributed by atoms with E-state index in [2.05, 4.69) is 12.2 Å². The maximum absolute atomic E-state index is 12.8. The van der Waals surface area contributed by atoms with Crippen LogP contribution in [0.15, 0.2) is 46.9 Å². The summed E-state index contributed by atoms with van der Waals surface area (Å²) < 4.78 is 11.8. The first kappa shape index (κ1) is 28.9. The highest BCUT2D eigenvalue weighted by atomic mass is 16.5. The van der Waals surface area contributed by atoms with E-state index in [0.29, 0.717) is 37.0 Å². The number of aryl methyl sites for hydroxylation is 3. The van der Waals surface area contributed by atoms with Crippen molar-refractivity contribution in [2.75, 3.05) is 13.1 Å². The van der Waals surface area contributed by atoms with E-state index in [0.717, 1.165) is 40.8 Å². The standard InChI is InChI=1S/C30H39N3O5/c1-7-8-14-31-26(34)19-33(18-25-22(4)37-28(32-25)24-12-10-9-11-13-24)17-23-15-20(2)27(21(3)16-23)38-30(5,6)29(35)36/h9-13,15-16H,7-8,14,17-19H2,1-6H3,(H,31,34)(H,35,36). The van der Waals surface area contributed by atoms with Gasteiger partial charge in [-0.25, -0.2) is 9.78 Å². The Bertz CT molecular complexity index is 1230. The van der Waals surface area contributed by atoms with Crippen LogP contribution in [0.2, 0.25) is 0 Å². The summed E-state index contributed by atoms with van der Waals surface area (Å²) in [5.74, 6) is 0.759. The van der Waals surface area contributed by atoms with Crippen molar-refractivity contribution in [3.63, 3.8) is 0 Å². The van der Waals surface area contributed by atoms with Gasteiger partial charge in [0.15, 0.2) is 5.60 Å². The van der Waals surface area contributed by atoms with Crippen LogP contribution in [0, 0.1) is 20.8 Å². The quantitative estimate of drug-likeness (QED) is 0.289. The second-order valence-electron chi connectivity index (χ2n) is 10.2. The van der Waals surface area contributed by atoms with Gasteiger partial charge in [-0.2, -0.15) is 0 Å². The number of oxazole rings is 1. The zero-order valence-electron chi connectivity index (χ0n) is 23.3. The first-order chi connectivity index (χ1) is 18.0. The molecule has 0 aliphatic carbocycles. The van der Waals surface area contributed by atoms with Crippen molar-refractivity contribution in [3.05, 3.63) is 70.6 Å². The van der Waals surface area contributed by atoms with E-state index in [1.807, 2.05) is 68.1 Å². The molecule has 0 saturated carbocycles. The Morgan fingerprint density at radius 3 is 2.34 bits per heavy atom. The van der Waals surface area contributed by atoms with Gasteiger partial charge in [-0.15, -0.1) is 0 Å². The number of nitrogens with one attached hydrogen (secondary N) is 1. The fourth-order valence-corrected chi connectivity index (χ4v) is 4.17. The molecule has 2 aromatic carbocycles. The Hall–Kier alpha value is -3.65. The van der Waals surface area contributed by atoms with Gasteiger partial charge in [0.05, 0.1) is 12.2 Å². The highest BCUT2D eigenvalue weighted by Gasteiger charge is 2.30. The molecule has 0 aliphatic rings. The number of ether oxygens (including phenoxy) is 1. The maximum atomic E-state index is 12.8. The lowest BCUT2D eigenvalue weighted by Gasteiger charge is -2.26. The van der Waals surface area contributed by atoms with Crippen LogP contribution in [0.4, 0.5) is 0 Å². The number of aliphatic carboxylic acids is 1. The average Bonchev–Trinajstić information content (AvgIpc) is 3.22. The molecule has 0 bridgehead atoms. The van der Waals surface area contributed by atoms with Gasteiger partial charge >= 0.3 is 5.97 Å². The number of rotatable bonds is 13. The lowest BCUT2D eigenvalue weighted by Crippen LogP contribution is -2.38. The number of hydrogen-bond donors (Lipinski definition) is 2. The molecule has 3 rings (SSSR count). The van der Waals surface area contributed by atoms with E-state index in [1.165, 1.54) is 13.8 Å². The number of benzene rings is 2. The van der Waals surface area contributed by atoms with E-state index in [-0.39, 0.29) is 12.5 Å². The third kappa shape index (κ3) is 7.68. The van der Waals surface area contributed by atoms with Gasteiger partial charge < -0.3 is 19.6 Å². The van der Waals surface area contributed by atoms with Gasteiger partial charge in [0.2, 0.25) is 11.8 Å². The normalized spacial score (nSPS) is 11.6. The molecule has 3 aromatic rings. The van der Waals surface area contributed by atoms with Crippen molar-refractivity contribution in [1.29, 1.82) is 0 Å². The fourth-order valence-electron chi connectivity index (χ4n) is 4.17. The number of aromatic nitrogens is 1. The number of carboxylic acids is 1. The predicted molar refractivity (Wildman–Crippen MR) is 147 cm³/mol. The van der Waals surface area contributed by atoms with Crippen molar-refractivity contribution >= 4 is 11.9 Å². The molecule has 0 radical (unpaired) electrons. The van der Waals surface area contributed by atoms with Crippen LogP contribution in [-0.2, 0) is 22.7 Å². The van der Waals surface area contributed by atoms with Crippen LogP contribution in [0.3, 0.4) is 0 Å². The van der Waals surface area contributed by atoms with Crippen molar-refractivity contribution < 1.29 is 23.8 Å². The zero-order valence-corrected chi connectivity index (χ0v) is 23.3. The average molecular weight is 522 g/mol. The van der Waals surface area contributed by atoms with Gasteiger partial charge in [0.25, 0.3) is 0 Å². The predicted octanol–water partition coefficient (Wildman–Crippen LogP) is 5.43. The fraction of sp³-hybridized carbons (Fsp3) is 0.433. The van der Waals surface area contributed by atoms with Gasteiger partial charge in [0.1, 0.15) is 11.5 Å². The summed E-state index contributed by atoms with van der Waals surface area (Å²) in [6.07, 6.45) is 1.94. The molecule has 204 valence electrons. The molecular weight excluding hydrogens is 482 g/mol. The lowest BCUT2D eigenvalue weighted by atomic mass is 10.0. The summed E-state index contributed by atoms with van der Waals surface area (Å²) in [4.78, 5) is 31.1. The minimum atomic E-state index is -1.35. The maximum Gasteiger partial charge on any atom is 0.347 e. The number of carbonyl (C=O) groups is 2. The topological polar surface area (TPSA) is 105 Å². The van der Waals surface area contributed by atoms with Crippen LogP contribution in [0.1, 0.15) is 61.8 Å². The lowest BCUT2D eigenvalue weighted by molar-refractivity contribution is -0.152. The van der Waals surface area contributed by atoms with Gasteiger partial charge in [-0.3, -0.25) is 9.69 Å². The SMILES string of the molecule is CCCCNC(=O)CN(Cc1cc(C)c(OC(C)(C)C(=O)O)c(C)c1)Cc1nc(-c2ccccc2)oc1C. The van der Waals surface area contributed by atoms with E-state index in [9.17, 15) is 14.7 Å². The van der Waals surface area contributed by atoms with E-state index < -0.39 is 11.6 Å². The van der Waals surface area contributed by atoms with Crippen molar-refractivity contribution in [3.8, 4) is 17.2 Å². The van der Waals surface area contributed by atoms with E-state index in [4.69, 9.17) is 14.1 Å². The minimum Gasteiger partial charge on any atom is -0.478 e. The number of nitrogens with zero attached hydrogens (tertiary/aromatic N) is 2. The number of unbranched alkanes of at least 4 members (excludes halogenated alkanes) is 1. The molecule has 8 heteroatoms. The number of hydrogen-bond acceptors (Lipinski definition) is 6. The van der Waals surface area contributed by atoms with E-state index in [1.54, 1.807) is 0 Å². The second-order valence-corrected chi connectivity index (χ2v) is 10.2. The Labute approximate surface area is 225 Å². The van der Waals surface area contributed by atoms with Gasteiger partial charge in [-0.05, 0) is 69.9 Å². The molecule has 0 spiro atoms. The summed E-state index contributed by atoms with van der Waals surface area (Å²) in [6.45, 7) is 12.6. The monoisotopic (exact) mass is 521 g/mol. The van der Waals surface area contributed by atoms with Crippen LogP contribution < -0.4 is 10.1 Å². The first-order valence-corrected chi connectivity index (χ1v) is 13.0. The summed E-state index contributed by atoms with van der Waals surface area (Å²) in [6, 6.07) is 13.7. The summed E-state index contributed by atoms with van der Waals surface area (Å²) in [5, 5.41) is 12.5. The Morgan fingerprint density at radius 2 is 1.74 bits per heavy atom. The Balaban J connectivity index is 1.84. The number of amides is 1. The molecule has 1 amide bonds. The highest BCUT2D eigenvalue weighted by Crippen LogP contribution is 2.30. The Kier molecular flexibility index (Phi) is 9.69. The summed E-state index contributed by atoms with van der Waals surface area (Å²) >= 11 is 0. The molecule has 8 nitrogen and oxygen atoms in total. The zero-order chi connectivity index (χ0) is 27.9. The van der Waals surface area contributed by atoms with Gasteiger partial charge in [0, 0.05) is 25.2 Å². The van der Waals surface area contributed by atoms with Crippen LogP contribution >= 0.6 is 0 Å². The smallest absolute Gasteiger partial charge is 0.347 e. The van der Waals surface area contributed by atoms with Gasteiger partial charge in [-0.1, -0.05) is 43.7 Å². The largest absolute Gasteiger partial charge is 0.478 e. The van der Waals surface area contributed by atoms with Crippen molar-refractivity contribution in [2.24, 2.45) is 0 Å². The molecule has 0 saturated heterocycles. The molecule has 1 heterocycles.